The summed E-state index contributed by atoms with van der Waals surface area (Å²) in [5.74, 6) is -1.97. The highest BCUT2D eigenvalue weighted by molar-refractivity contribution is 5.99. The number of carboxylic acids is 1. The third-order valence-corrected chi connectivity index (χ3v) is 2.51. The molecule has 0 aliphatic heterocycles. The van der Waals surface area contributed by atoms with E-state index in [-0.39, 0.29) is 24.2 Å². The van der Waals surface area contributed by atoms with Crippen molar-refractivity contribution in [1.82, 2.24) is 4.90 Å². The van der Waals surface area contributed by atoms with Gasteiger partial charge in [-0.25, -0.2) is 4.39 Å². The van der Waals surface area contributed by atoms with Crippen LogP contribution >= 0.6 is 0 Å². The fourth-order valence-electron chi connectivity index (χ4n) is 1.50. The van der Waals surface area contributed by atoms with Crippen LogP contribution in [0.25, 0.3) is 0 Å². The van der Waals surface area contributed by atoms with Crippen LogP contribution in [0.5, 0.6) is 0 Å². The van der Waals surface area contributed by atoms with Gasteiger partial charge in [0.05, 0.1) is 11.3 Å². The topological polar surface area (TPSA) is 83.6 Å². The van der Waals surface area contributed by atoms with Gasteiger partial charge in [0, 0.05) is 20.0 Å². The summed E-state index contributed by atoms with van der Waals surface area (Å²) < 4.78 is 13.2. The van der Waals surface area contributed by atoms with Crippen LogP contribution in [0.2, 0.25) is 0 Å². The number of amides is 1. The maximum absolute atomic E-state index is 13.2. The Hall–Kier alpha value is -2.11. The number of benzene rings is 1. The molecule has 3 N–H and O–H groups in total. The number of hydrogen-bond acceptors (Lipinski definition) is 3. The van der Waals surface area contributed by atoms with Crippen molar-refractivity contribution in [1.29, 1.82) is 0 Å². The van der Waals surface area contributed by atoms with E-state index < -0.39 is 17.7 Å². The Bertz CT molecular complexity index is 463. The number of anilines is 1. The van der Waals surface area contributed by atoms with E-state index in [9.17, 15) is 14.0 Å². The summed E-state index contributed by atoms with van der Waals surface area (Å²) in [7, 11) is 1.52. The predicted octanol–water partition coefficient (Wildman–Crippen LogP) is 1.34. The molecule has 0 unspecified atom stereocenters. The van der Waals surface area contributed by atoms with E-state index in [0.29, 0.717) is 6.42 Å². The Kier molecular flexibility index (Phi) is 4.65. The first-order chi connectivity index (χ1) is 8.43. The number of nitrogen functional groups attached to an aromatic ring is 1. The summed E-state index contributed by atoms with van der Waals surface area (Å²) in [4.78, 5) is 23.6. The molecule has 0 heterocycles. The van der Waals surface area contributed by atoms with E-state index in [2.05, 4.69) is 0 Å². The van der Waals surface area contributed by atoms with Crippen LogP contribution in [-0.4, -0.2) is 35.5 Å². The smallest absolute Gasteiger partial charge is 0.303 e. The molecule has 0 saturated heterocycles. The summed E-state index contributed by atoms with van der Waals surface area (Å²) in [5, 5.41) is 8.49. The van der Waals surface area contributed by atoms with E-state index in [0.717, 1.165) is 0 Å². The van der Waals surface area contributed by atoms with Crippen molar-refractivity contribution in [3.05, 3.63) is 29.6 Å². The largest absolute Gasteiger partial charge is 0.481 e. The Morgan fingerprint density at radius 2 is 2.11 bits per heavy atom. The molecule has 1 rings (SSSR count). The first-order valence-corrected chi connectivity index (χ1v) is 5.44. The second-order valence-electron chi connectivity index (χ2n) is 3.93. The van der Waals surface area contributed by atoms with Crippen LogP contribution in [0.4, 0.5) is 10.1 Å². The van der Waals surface area contributed by atoms with Gasteiger partial charge < -0.3 is 15.7 Å². The number of aliphatic carboxylic acids is 1. The Labute approximate surface area is 104 Å². The number of rotatable bonds is 5. The third kappa shape index (κ3) is 3.44. The summed E-state index contributed by atoms with van der Waals surface area (Å²) >= 11 is 0. The lowest BCUT2D eigenvalue weighted by atomic mass is 10.1. The van der Waals surface area contributed by atoms with Crippen LogP contribution in [0.3, 0.4) is 0 Å². The predicted molar refractivity (Wildman–Crippen MR) is 64.6 cm³/mol. The summed E-state index contributed by atoms with van der Waals surface area (Å²) in [6, 6.07) is 4.02. The van der Waals surface area contributed by atoms with E-state index >= 15 is 0 Å². The number of carbonyl (C=O) groups excluding carboxylic acids is 1. The standard InChI is InChI=1S/C12H15FN2O3/c1-15(7-3-6-10(16)17)12(18)8-4-2-5-9(13)11(8)14/h2,4-5H,3,6-7,14H2,1H3,(H,16,17). The van der Waals surface area contributed by atoms with Crippen molar-refractivity contribution in [3.8, 4) is 0 Å². The lowest BCUT2D eigenvalue weighted by Crippen LogP contribution is -2.29. The minimum atomic E-state index is -0.916. The number of para-hydroxylation sites is 1. The molecule has 0 spiro atoms. The van der Waals surface area contributed by atoms with Gasteiger partial charge in [0.25, 0.3) is 5.91 Å². The number of hydrogen-bond donors (Lipinski definition) is 2. The number of carbonyl (C=O) groups is 2. The summed E-state index contributed by atoms with van der Waals surface area (Å²) in [6.45, 7) is 0.279. The quantitative estimate of drug-likeness (QED) is 0.777. The maximum Gasteiger partial charge on any atom is 0.303 e. The van der Waals surface area contributed by atoms with Crippen LogP contribution in [0.15, 0.2) is 18.2 Å². The first kappa shape index (κ1) is 14.0. The molecule has 1 aromatic rings. The molecule has 0 aliphatic carbocycles. The number of nitrogens with zero attached hydrogens (tertiary/aromatic N) is 1. The van der Waals surface area contributed by atoms with Crippen molar-refractivity contribution in [2.45, 2.75) is 12.8 Å². The second kappa shape index (κ2) is 6.00. The van der Waals surface area contributed by atoms with Crippen molar-refractivity contribution < 1.29 is 19.1 Å². The molecular weight excluding hydrogens is 239 g/mol. The highest BCUT2D eigenvalue weighted by atomic mass is 19.1. The lowest BCUT2D eigenvalue weighted by Gasteiger charge is -2.17. The van der Waals surface area contributed by atoms with Gasteiger partial charge in [-0.15, -0.1) is 0 Å². The Morgan fingerprint density at radius 1 is 1.44 bits per heavy atom. The van der Waals surface area contributed by atoms with E-state index in [4.69, 9.17) is 10.8 Å². The van der Waals surface area contributed by atoms with Gasteiger partial charge in [0.15, 0.2) is 0 Å². The minimum Gasteiger partial charge on any atom is -0.481 e. The van der Waals surface area contributed by atoms with Crippen molar-refractivity contribution in [3.63, 3.8) is 0 Å². The Balaban J connectivity index is 2.69. The number of nitrogens with two attached hydrogens (primary N) is 1. The minimum absolute atomic E-state index is 0.0176. The molecule has 0 saturated carbocycles. The van der Waals surface area contributed by atoms with Gasteiger partial charge in [0.1, 0.15) is 5.82 Å². The molecule has 0 bridgehead atoms. The molecule has 0 aromatic heterocycles. The molecule has 0 fully saturated rings. The molecule has 0 aliphatic rings. The molecular formula is C12H15FN2O3. The highest BCUT2D eigenvalue weighted by Crippen LogP contribution is 2.17. The fraction of sp³-hybridized carbons (Fsp3) is 0.333. The molecule has 98 valence electrons. The normalized spacial score (nSPS) is 10.1. The van der Waals surface area contributed by atoms with Crippen LogP contribution < -0.4 is 5.73 Å². The second-order valence-corrected chi connectivity index (χ2v) is 3.93. The molecule has 18 heavy (non-hydrogen) atoms. The summed E-state index contributed by atoms with van der Waals surface area (Å²) in [5.41, 5.74) is 5.38. The zero-order valence-corrected chi connectivity index (χ0v) is 10.0. The van der Waals surface area contributed by atoms with Gasteiger partial charge in [0.2, 0.25) is 0 Å². The average Bonchev–Trinajstić information content (AvgIpc) is 2.31. The fourth-order valence-corrected chi connectivity index (χ4v) is 1.50. The van der Waals surface area contributed by atoms with Gasteiger partial charge in [-0.3, -0.25) is 9.59 Å². The molecule has 0 atom stereocenters. The van der Waals surface area contributed by atoms with E-state index in [1.165, 1.54) is 30.1 Å². The molecule has 5 nitrogen and oxygen atoms in total. The molecule has 0 radical (unpaired) electrons. The van der Waals surface area contributed by atoms with Crippen LogP contribution in [0, 0.1) is 5.82 Å². The zero-order valence-electron chi connectivity index (χ0n) is 10.0. The number of halogens is 1. The van der Waals surface area contributed by atoms with Crippen LogP contribution in [0.1, 0.15) is 23.2 Å². The van der Waals surface area contributed by atoms with E-state index in [1.807, 2.05) is 0 Å². The monoisotopic (exact) mass is 254 g/mol. The average molecular weight is 254 g/mol. The van der Waals surface area contributed by atoms with Crippen molar-refractivity contribution in [2.24, 2.45) is 0 Å². The first-order valence-electron chi connectivity index (χ1n) is 5.44. The van der Waals surface area contributed by atoms with Gasteiger partial charge in [-0.05, 0) is 18.6 Å². The van der Waals surface area contributed by atoms with Crippen LogP contribution in [-0.2, 0) is 4.79 Å². The molecule has 1 amide bonds. The van der Waals surface area contributed by atoms with Gasteiger partial charge in [-0.2, -0.15) is 0 Å². The maximum atomic E-state index is 13.2. The number of carboxylic acid groups (broad SMARTS) is 1. The van der Waals surface area contributed by atoms with Gasteiger partial charge >= 0.3 is 5.97 Å². The van der Waals surface area contributed by atoms with Crippen molar-refractivity contribution in [2.75, 3.05) is 19.3 Å². The molecule has 6 heteroatoms. The summed E-state index contributed by atoms with van der Waals surface area (Å²) in [6.07, 6.45) is 0.322. The molecule has 1 aromatic carbocycles. The van der Waals surface area contributed by atoms with E-state index in [1.54, 1.807) is 0 Å². The SMILES string of the molecule is CN(CCCC(=O)O)C(=O)c1cccc(F)c1N. The third-order valence-electron chi connectivity index (χ3n) is 2.51. The highest BCUT2D eigenvalue weighted by Gasteiger charge is 2.16. The zero-order chi connectivity index (χ0) is 13.7. The van der Waals surface area contributed by atoms with Crippen molar-refractivity contribution >= 4 is 17.6 Å². The lowest BCUT2D eigenvalue weighted by molar-refractivity contribution is -0.137. The van der Waals surface area contributed by atoms with Gasteiger partial charge in [-0.1, -0.05) is 6.07 Å². The Morgan fingerprint density at radius 3 is 2.72 bits per heavy atom.